The molecule has 3 aromatic rings. The van der Waals surface area contributed by atoms with E-state index in [0.717, 1.165) is 11.1 Å². The standard InChI is InChI=1S/C15H11ClN2O/c1-10-5-6-14-17-13(8-15(19)18(14)9-10)11-3-2-4-12(16)7-11/h2-9H,1H3. The number of halogens is 1. The average Bonchev–Trinajstić information content (AvgIpc) is 2.39. The number of nitrogens with zero attached hydrogens (tertiary/aromatic N) is 2. The van der Waals surface area contributed by atoms with Gasteiger partial charge in [-0.25, -0.2) is 4.98 Å². The number of fused-ring (bicyclic) bond motifs is 1. The Morgan fingerprint density at radius 2 is 2.00 bits per heavy atom. The molecule has 0 unspecified atom stereocenters. The van der Waals surface area contributed by atoms with Crippen molar-refractivity contribution in [2.24, 2.45) is 0 Å². The molecule has 0 aliphatic heterocycles. The minimum atomic E-state index is -0.0938. The highest BCUT2D eigenvalue weighted by Gasteiger charge is 2.05. The third kappa shape index (κ3) is 2.25. The van der Waals surface area contributed by atoms with Gasteiger partial charge in [-0.05, 0) is 30.7 Å². The van der Waals surface area contributed by atoms with Gasteiger partial charge in [0.05, 0.1) is 5.69 Å². The third-order valence-electron chi connectivity index (χ3n) is 2.93. The monoisotopic (exact) mass is 270 g/mol. The second kappa shape index (κ2) is 4.52. The quantitative estimate of drug-likeness (QED) is 0.680. The first-order chi connectivity index (χ1) is 9.13. The van der Waals surface area contributed by atoms with Crippen LogP contribution in [0.3, 0.4) is 0 Å². The fourth-order valence-electron chi connectivity index (χ4n) is 2.00. The van der Waals surface area contributed by atoms with Crippen LogP contribution in [0.15, 0.2) is 53.5 Å². The molecule has 0 aliphatic carbocycles. The first-order valence-electron chi connectivity index (χ1n) is 5.89. The van der Waals surface area contributed by atoms with Gasteiger partial charge in [0.2, 0.25) is 0 Å². The van der Waals surface area contributed by atoms with E-state index in [4.69, 9.17) is 11.6 Å². The van der Waals surface area contributed by atoms with Gasteiger partial charge in [0, 0.05) is 22.8 Å². The third-order valence-corrected chi connectivity index (χ3v) is 3.16. The van der Waals surface area contributed by atoms with E-state index in [2.05, 4.69) is 4.98 Å². The number of aryl methyl sites for hydroxylation is 1. The molecule has 0 saturated carbocycles. The van der Waals surface area contributed by atoms with Crippen molar-refractivity contribution >= 4 is 17.2 Å². The van der Waals surface area contributed by atoms with Crippen molar-refractivity contribution in [1.29, 1.82) is 0 Å². The summed E-state index contributed by atoms with van der Waals surface area (Å²) in [5.41, 5.74) is 3.03. The van der Waals surface area contributed by atoms with E-state index in [1.54, 1.807) is 22.7 Å². The summed E-state index contributed by atoms with van der Waals surface area (Å²) >= 11 is 5.96. The molecule has 94 valence electrons. The zero-order valence-corrected chi connectivity index (χ0v) is 11.1. The minimum absolute atomic E-state index is 0.0938. The first-order valence-corrected chi connectivity index (χ1v) is 6.27. The Labute approximate surface area is 115 Å². The highest BCUT2D eigenvalue weighted by Crippen LogP contribution is 2.20. The summed E-state index contributed by atoms with van der Waals surface area (Å²) in [5.74, 6) is 0. The van der Waals surface area contributed by atoms with Crippen LogP contribution in [0.2, 0.25) is 5.02 Å². The molecule has 0 saturated heterocycles. The molecule has 0 N–H and O–H groups in total. The fourth-order valence-corrected chi connectivity index (χ4v) is 2.19. The van der Waals surface area contributed by atoms with Gasteiger partial charge in [-0.1, -0.05) is 29.8 Å². The lowest BCUT2D eigenvalue weighted by atomic mass is 10.1. The maximum absolute atomic E-state index is 12.1. The van der Waals surface area contributed by atoms with E-state index in [-0.39, 0.29) is 5.56 Å². The van der Waals surface area contributed by atoms with Gasteiger partial charge in [-0.15, -0.1) is 0 Å². The van der Waals surface area contributed by atoms with Crippen LogP contribution < -0.4 is 5.56 Å². The summed E-state index contributed by atoms with van der Waals surface area (Å²) in [5, 5.41) is 0.628. The zero-order chi connectivity index (χ0) is 13.4. The van der Waals surface area contributed by atoms with Crippen molar-refractivity contribution in [2.75, 3.05) is 0 Å². The zero-order valence-electron chi connectivity index (χ0n) is 10.3. The molecule has 1 aromatic carbocycles. The second-order valence-corrected chi connectivity index (χ2v) is 4.86. The molecule has 0 atom stereocenters. The number of pyridine rings is 1. The summed E-state index contributed by atoms with van der Waals surface area (Å²) in [6.07, 6.45) is 1.78. The van der Waals surface area contributed by atoms with Crippen molar-refractivity contribution in [3.05, 3.63) is 69.6 Å². The van der Waals surface area contributed by atoms with Crippen LogP contribution in [-0.4, -0.2) is 9.38 Å². The molecular weight excluding hydrogens is 260 g/mol. The molecule has 19 heavy (non-hydrogen) atoms. The molecule has 0 radical (unpaired) electrons. The van der Waals surface area contributed by atoms with Gasteiger partial charge in [-0.3, -0.25) is 9.20 Å². The van der Waals surface area contributed by atoms with Crippen LogP contribution in [0, 0.1) is 6.92 Å². The Morgan fingerprint density at radius 1 is 1.16 bits per heavy atom. The lowest BCUT2D eigenvalue weighted by Gasteiger charge is -2.05. The smallest absolute Gasteiger partial charge is 0.258 e. The van der Waals surface area contributed by atoms with Crippen molar-refractivity contribution in [2.45, 2.75) is 6.92 Å². The molecule has 2 heterocycles. The van der Waals surface area contributed by atoms with Gasteiger partial charge in [0.1, 0.15) is 5.65 Å². The van der Waals surface area contributed by atoms with E-state index in [1.165, 1.54) is 6.07 Å². The van der Waals surface area contributed by atoms with E-state index in [9.17, 15) is 4.79 Å². The summed E-state index contributed by atoms with van der Waals surface area (Å²) in [6.45, 7) is 1.94. The van der Waals surface area contributed by atoms with Crippen molar-refractivity contribution in [1.82, 2.24) is 9.38 Å². The van der Waals surface area contributed by atoms with E-state index in [1.807, 2.05) is 31.2 Å². The minimum Gasteiger partial charge on any atom is -0.269 e. The summed E-state index contributed by atoms with van der Waals surface area (Å²) in [6, 6.07) is 12.6. The van der Waals surface area contributed by atoms with E-state index in [0.29, 0.717) is 16.4 Å². The molecule has 3 rings (SSSR count). The Bertz CT molecular complexity index is 824. The SMILES string of the molecule is Cc1ccc2nc(-c3cccc(Cl)c3)cc(=O)n2c1. The number of benzene rings is 1. The molecule has 3 nitrogen and oxygen atoms in total. The Balaban J connectivity index is 2.27. The number of hydrogen-bond donors (Lipinski definition) is 0. The Hall–Kier alpha value is -2.13. The number of hydrogen-bond acceptors (Lipinski definition) is 2. The number of rotatable bonds is 1. The summed E-state index contributed by atoms with van der Waals surface area (Å²) < 4.78 is 1.55. The molecule has 2 aromatic heterocycles. The fraction of sp³-hybridized carbons (Fsp3) is 0.0667. The van der Waals surface area contributed by atoms with Crippen LogP contribution in [-0.2, 0) is 0 Å². The normalized spacial score (nSPS) is 10.8. The van der Waals surface area contributed by atoms with Crippen LogP contribution in [0.1, 0.15) is 5.56 Å². The maximum Gasteiger partial charge on any atom is 0.258 e. The molecule has 0 aliphatic rings. The lowest BCUT2D eigenvalue weighted by molar-refractivity contribution is 1.03. The second-order valence-electron chi connectivity index (χ2n) is 4.42. The molecule has 4 heteroatoms. The van der Waals surface area contributed by atoms with E-state index < -0.39 is 0 Å². The molecule has 0 amide bonds. The van der Waals surface area contributed by atoms with Crippen molar-refractivity contribution in [3.8, 4) is 11.3 Å². The predicted molar refractivity (Wildman–Crippen MR) is 76.6 cm³/mol. The molecule has 0 spiro atoms. The average molecular weight is 271 g/mol. The summed E-state index contributed by atoms with van der Waals surface area (Å²) in [4.78, 5) is 16.6. The largest absolute Gasteiger partial charge is 0.269 e. The molecule has 0 bridgehead atoms. The van der Waals surface area contributed by atoms with Crippen LogP contribution in [0.5, 0.6) is 0 Å². The topological polar surface area (TPSA) is 34.4 Å². The van der Waals surface area contributed by atoms with Crippen molar-refractivity contribution in [3.63, 3.8) is 0 Å². The van der Waals surface area contributed by atoms with Gasteiger partial charge < -0.3 is 0 Å². The summed E-state index contributed by atoms with van der Waals surface area (Å²) in [7, 11) is 0. The van der Waals surface area contributed by atoms with Gasteiger partial charge in [0.15, 0.2) is 0 Å². The Kier molecular flexibility index (Phi) is 2.84. The van der Waals surface area contributed by atoms with Crippen molar-refractivity contribution < 1.29 is 0 Å². The van der Waals surface area contributed by atoms with Gasteiger partial charge >= 0.3 is 0 Å². The van der Waals surface area contributed by atoms with Crippen LogP contribution >= 0.6 is 11.6 Å². The number of aromatic nitrogens is 2. The molecule has 0 fully saturated rings. The lowest BCUT2D eigenvalue weighted by Crippen LogP contribution is -2.14. The highest BCUT2D eigenvalue weighted by molar-refractivity contribution is 6.30. The van der Waals surface area contributed by atoms with Crippen LogP contribution in [0.25, 0.3) is 16.9 Å². The van der Waals surface area contributed by atoms with Crippen LogP contribution in [0.4, 0.5) is 0 Å². The molecular formula is C15H11ClN2O. The van der Waals surface area contributed by atoms with E-state index >= 15 is 0 Å². The van der Waals surface area contributed by atoms with Gasteiger partial charge in [-0.2, -0.15) is 0 Å². The maximum atomic E-state index is 12.1. The van der Waals surface area contributed by atoms with Gasteiger partial charge in [0.25, 0.3) is 5.56 Å². The Morgan fingerprint density at radius 3 is 2.79 bits per heavy atom. The first kappa shape index (κ1) is 11.9. The predicted octanol–water partition coefficient (Wildman–Crippen LogP) is 3.32. The highest BCUT2D eigenvalue weighted by atomic mass is 35.5.